The Morgan fingerprint density at radius 2 is 2.17 bits per heavy atom. The van der Waals surface area contributed by atoms with E-state index in [1.807, 2.05) is 24.3 Å². The van der Waals surface area contributed by atoms with Crippen LogP contribution in [0.3, 0.4) is 0 Å². The molecule has 0 aliphatic carbocycles. The van der Waals surface area contributed by atoms with Crippen LogP contribution in [-0.2, 0) is 19.2 Å². The number of nitrogens with zero attached hydrogens (tertiary/aromatic N) is 4. The topological polar surface area (TPSA) is 160 Å². The molecule has 0 unspecified atom stereocenters. The number of rotatable bonds is 8. The fourth-order valence-electron chi connectivity index (χ4n) is 3.76. The van der Waals surface area contributed by atoms with Gasteiger partial charge in [-0.2, -0.15) is 0 Å². The zero-order valence-corrected chi connectivity index (χ0v) is 21.8. The van der Waals surface area contributed by atoms with Crippen LogP contribution in [-0.4, -0.2) is 73.5 Å². The normalized spacial score (nSPS) is 19.8. The van der Waals surface area contributed by atoms with Crippen molar-refractivity contribution in [2.45, 2.75) is 15.8 Å². The number of hydrogen-bond donors (Lipinski definition) is 3. The number of nitrogens with two attached hydrogens (primary N) is 1. The summed E-state index contributed by atoms with van der Waals surface area (Å²) in [5, 5.41) is 17.5. The molecule has 11 nitrogen and oxygen atoms in total. The Kier molecular flexibility index (Phi) is 6.87. The lowest BCUT2D eigenvalue weighted by atomic mass is 10.0. The number of aliphatic carboxylic acids is 1. The van der Waals surface area contributed by atoms with Gasteiger partial charge in [0.2, 0.25) is 0 Å². The van der Waals surface area contributed by atoms with Crippen molar-refractivity contribution < 1.29 is 24.3 Å². The number of para-hydroxylation sites is 1. The maximum Gasteiger partial charge on any atom is 0.352 e. The summed E-state index contributed by atoms with van der Waals surface area (Å²) in [5.74, 6) is -1.56. The summed E-state index contributed by atoms with van der Waals surface area (Å²) in [6, 6.07) is 6.87. The van der Waals surface area contributed by atoms with E-state index in [1.165, 1.54) is 46.9 Å². The number of β-lactam (4-membered cyclic amide) rings is 1. The summed E-state index contributed by atoms with van der Waals surface area (Å²) >= 11 is 5.51. The number of thiazole rings is 2. The SMILES string of the molecule is CON=C(C(=O)N[C@@H]1C(=O)N2C(C(=O)O)=C(CSc3nc4ccccc4s3)CS[C@@H]12)c1csc(N)n1. The van der Waals surface area contributed by atoms with Gasteiger partial charge in [0.15, 0.2) is 15.2 Å². The van der Waals surface area contributed by atoms with E-state index in [0.29, 0.717) is 17.1 Å². The molecule has 2 atom stereocenters. The second-order valence-electron chi connectivity index (χ2n) is 7.55. The fraction of sp³-hybridized carbons (Fsp3) is 0.238. The standard InChI is InChI=1S/C21H18N6O5S4/c1-32-26-13(11-8-34-20(22)23-11)16(28)25-14-17(29)27-15(19(30)31)9(6-33-18(14)27)7-35-21-24-10-4-2-3-5-12(10)36-21/h2-5,8,14,18H,6-7H2,1H3,(H2,22,23)(H,25,28)(H,30,31)/t14-,18+/m1/s1. The number of anilines is 1. The van der Waals surface area contributed by atoms with Crippen molar-refractivity contribution in [1.29, 1.82) is 0 Å². The summed E-state index contributed by atoms with van der Waals surface area (Å²) in [5.41, 5.74) is 7.22. The molecule has 2 amide bonds. The number of nitrogens with one attached hydrogen (secondary N) is 1. The van der Waals surface area contributed by atoms with Gasteiger partial charge in [0.05, 0.1) is 10.2 Å². The van der Waals surface area contributed by atoms with Crippen LogP contribution in [0, 0.1) is 0 Å². The Morgan fingerprint density at radius 3 is 2.86 bits per heavy atom. The Balaban J connectivity index is 1.31. The number of oxime groups is 1. The molecule has 4 heterocycles. The van der Waals surface area contributed by atoms with E-state index in [2.05, 4.69) is 20.4 Å². The molecule has 2 aromatic heterocycles. The van der Waals surface area contributed by atoms with Gasteiger partial charge in [-0.25, -0.2) is 14.8 Å². The first-order valence-electron chi connectivity index (χ1n) is 10.4. The highest BCUT2D eigenvalue weighted by Crippen LogP contribution is 2.42. The zero-order chi connectivity index (χ0) is 25.4. The highest BCUT2D eigenvalue weighted by molar-refractivity contribution is 8.02. The van der Waals surface area contributed by atoms with Gasteiger partial charge in [-0.15, -0.1) is 34.4 Å². The monoisotopic (exact) mass is 562 g/mol. The van der Waals surface area contributed by atoms with Crippen molar-refractivity contribution >= 4 is 85.0 Å². The molecule has 186 valence electrons. The molecule has 0 bridgehead atoms. The highest BCUT2D eigenvalue weighted by Gasteiger charge is 2.54. The number of amides is 2. The van der Waals surface area contributed by atoms with Crippen LogP contribution in [0.2, 0.25) is 0 Å². The first kappa shape index (κ1) is 24.5. The number of carbonyl (C=O) groups is 3. The van der Waals surface area contributed by atoms with Gasteiger partial charge < -0.3 is 21.0 Å². The Hall–Kier alpha value is -3.14. The van der Waals surface area contributed by atoms with Crippen molar-refractivity contribution in [1.82, 2.24) is 20.2 Å². The van der Waals surface area contributed by atoms with Crippen molar-refractivity contribution in [3.8, 4) is 0 Å². The third-order valence-electron chi connectivity index (χ3n) is 5.34. The van der Waals surface area contributed by atoms with Crippen LogP contribution >= 0.6 is 46.2 Å². The van der Waals surface area contributed by atoms with E-state index in [9.17, 15) is 19.5 Å². The van der Waals surface area contributed by atoms with Gasteiger partial charge >= 0.3 is 5.97 Å². The minimum absolute atomic E-state index is 0.0408. The summed E-state index contributed by atoms with van der Waals surface area (Å²) in [7, 11) is 1.29. The minimum Gasteiger partial charge on any atom is -0.477 e. The first-order valence-corrected chi connectivity index (χ1v) is 14.1. The summed E-state index contributed by atoms with van der Waals surface area (Å²) in [4.78, 5) is 52.6. The minimum atomic E-state index is -1.18. The number of carboxylic acids is 1. The van der Waals surface area contributed by atoms with Gasteiger partial charge in [0, 0.05) is 16.9 Å². The average Bonchev–Trinajstić information content (AvgIpc) is 3.49. The second-order valence-corrected chi connectivity index (χ2v) is 11.8. The lowest BCUT2D eigenvalue weighted by Crippen LogP contribution is -2.71. The van der Waals surface area contributed by atoms with Gasteiger partial charge in [0.25, 0.3) is 11.8 Å². The molecule has 15 heteroatoms. The van der Waals surface area contributed by atoms with Crippen molar-refractivity contribution in [3.05, 3.63) is 46.6 Å². The molecule has 0 radical (unpaired) electrons. The van der Waals surface area contributed by atoms with Crippen molar-refractivity contribution in [2.24, 2.45) is 5.16 Å². The molecule has 3 aromatic rings. The van der Waals surface area contributed by atoms with Crippen LogP contribution in [0.25, 0.3) is 10.2 Å². The number of hydrogen-bond acceptors (Lipinski definition) is 12. The molecule has 2 aliphatic heterocycles. The molecular formula is C21H18N6O5S4. The molecule has 0 spiro atoms. The van der Waals surface area contributed by atoms with E-state index in [4.69, 9.17) is 10.6 Å². The number of nitrogen functional groups attached to an aromatic ring is 1. The Morgan fingerprint density at radius 1 is 1.36 bits per heavy atom. The second kappa shape index (κ2) is 10.1. The molecular weight excluding hydrogens is 545 g/mol. The van der Waals surface area contributed by atoms with E-state index in [0.717, 1.165) is 25.9 Å². The molecule has 4 N–H and O–H groups in total. The molecule has 1 saturated heterocycles. The van der Waals surface area contributed by atoms with Crippen LogP contribution in [0.4, 0.5) is 5.13 Å². The number of carbonyl (C=O) groups excluding carboxylic acids is 2. The van der Waals surface area contributed by atoms with Crippen LogP contribution in [0.5, 0.6) is 0 Å². The smallest absolute Gasteiger partial charge is 0.352 e. The van der Waals surface area contributed by atoms with Gasteiger partial charge in [-0.1, -0.05) is 29.1 Å². The summed E-state index contributed by atoms with van der Waals surface area (Å²) < 4.78 is 1.88. The van der Waals surface area contributed by atoms with Crippen LogP contribution in [0.15, 0.2) is 50.4 Å². The molecule has 1 fully saturated rings. The third kappa shape index (κ3) is 4.54. The van der Waals surface area contributed by atoms with Crippen LogP contribution in [0.1, 0.15) is 5.69 Å². The predicted molar refractivity (Wildman–Crippen MR) is 140 cm³/mol. The van der Waals surface area contributed by atoms with Gasteiger partial charge in [-0.05, 0) is 17.7 Å². The number of aromatic nitrogens is 2. The molecule has 0 saturated carbocycles. The van der Waals surface area contributed by atoms with E-state index in [-0.39, 0.29) is 22.2 Å². The molecule has 1 aromatic carbocycles. The lowest BCUT2D eigenvalue weighted by Gasteiger charge is -2.49. The maximum atomic E-state index is 13.0. The summed E-state index contributed by atoms with van der Waals surface area (Å²) in [6.45, 7) is 0. The van der Waals surface area contributed by atoms with Crippen molar-refractivity contribution in [3.63, 3.8) is 0 Å². The average molecular weight is 563 g/mol. The number of fused-ring (bicyclic) bond motifs is 2. The largest absolute Gasteiger partial charge is 0.477 e. The Bertz CT molecular complexity index is 1400. The van der Waals surface area contributed by atoms with E-state index < -0.39 is 29.2 Å². The summed E-state index contributed by atoms with van der Waals surface area (Å²) in [6.07, 6.45) is 0. The third-order valence-corrected chi connectivity index (χ3v) is 9.62. The zero-order valence-electron chi connectivity index (χ0n) is 18.5. The maximum absolute atomic E-state index is 13.0. The van der Waals surface area contributed by atoms with Gasteiger partial charge in [0.1, 0.15) is 29.9 Å². The predicted octanol–water partition coefficient (Wildman–Crippen LogP) is 2.22. The van der Waals surface area contributed by atoms with E-state index in [1.54, 1.807) is 5.38 Å². The van der Waals surface area contributed by atoms with Crippen molar-refractivity contribution in [2.75, 3.05) is 24.3 Å². The van der Waals surface area contributed by atoms with Crippen LogP contribution < -0.4 is 11.1 Å². The molecule has 5 rings (SSSR count). The lowest BCUT2D eigenvalue weighted by molar-refractivity contribution is -0.150. The first-order chi connectivity index (χ1) is 17.4. The highest BCUT2D eigenvalue weighted by atomic mass is 32.2. The number of carboxylic acid groups (broad SMARTS) is 1. The Labute approximate surface area is 220 Å². The number of benzene rings is 1. The number of thioether (sulfide) groups is 2. The molecule has 2 aliphatic rings. The molecule has 36 heavy (non-hydrogen) atoms. The fourth-order valence-corrected chi connectivity index (χ4v) is 7.86. The van der Waals surface area contributed by atoms with E-state index >= 15 is 0 Å². The van der Waals surface area contributed by atoms with Gasteiger partial charge in [-0.3, -0.25) is 14.5 Å². The quantitative estimate of drug-likeness (QED) is 0.161.